The van der Waals surface area contributed by atoms with Crippen LogP contribution in [0.4, 0.5) is 5.82 Å². The predicted octanol–water partition coefficient (Wildman–Crippen LogP) is 1.93. The van der Waals surface area contributed by atoms with Gasteiger partial charge in [0.2, 0.25) is 5.75 Å². The molecule has 0 spiro atoms. The minimum Gasteiger partial charge on any atom is -0.493 e. The molecule has 0 saturated carbocycles. The summed E-state index contributed by atoms with van der Waals surface area (Å²) in [6.07, 6.45) is 0. The third-order valence-corrected chi connectivity index (χ3v) is 3.89. The lowest BCUT2D eigenvalue weighted by Gasteiger charge is -2.14. The standard InChI is InChI=1S/C15H17N3O5S/c1-21-9-4-8(5-10(22-2)14(9)23-3)15-17-11(16)6-12(18-15)24-7-13(19)20/h4-6H,7H2,1-3H3,(H,19,20)(H2,16,17,18). The highest BCUT2D eigenvalue weighted by Gasteiger charge is 2.16. The van der Waals surface area contributed by atoms with E-state index in [-0.39, 0.29) is 11.6 Å². The van der Waals surface area contributed by atoms with Crippen molar-refractivity contribution in [1.82, 2.24) is 9.97 Å². The molecule has 0 saturated heterocycles. The van der Waals surface area contributed by atoms with Crippen LogP contribution in [0.3, 0.4) is 0 Å². The first-order valence-electron chi connectivity index (χ1n) is 6.78. The number of benzene rings is 1. The summed E-state index contributed by atoms with van der Waals surface area (Å²) in [6.45, 7) is 0. The average molecular weight is 351 g/mol. The molecule has 9 heteroatoms. The van der Waals surface area contributed by atoms with E-state index in [9.17, 15) is 4.79 Å². The minimum atomic E-state index is -0.938. The summed E-state index contributed by atoms with van der Waals surface area (Å²) < 4.78 is 15.9. The zero-order valence-corrected chi connectivity index (χ0v) is 14.2. The monoisotopic (exact) mass is 351 g/mol. The molecule has 1 heterocycles. The van der Waals surface area contributed by atoms with E-state index in [1.165, 1.54) is 27.4 Å². The zero-order chi connectivity index (χ0) is 17.7. The zero-order valence-electron chi connectivity index (χ0n) is 13.4. The van der Waals surface area contributed by atoms with Gasteiger partial charge < -0.3 is 25.1 Å². The molecule has 128 valence electrons. The van der Waals surface area contributed by atoms with Gasteiger partial charge >= 0.3 is 5.97 Å². The van der Waals surface area contributed by atoms with Gasteiger partial charge in [-0.05, 0) is 12.1 Å². The molecule has 0 aliphatic heterocycles. The van der Waals surface area contributed by atoms with Crippen molar-refractivity contribution in [2.45, 2.75) is 5.03 Å². The van der Waals surface area contributed by atoms with E-state index in [2.05, 4.69) is 9.97 Å². The number of nitrogens with two attached hydrogens (primary N) is 1. The van der Waals surface area contributed by atoms with Crippen LogP contribution in [-0.2, 0) is 4.79 Å². The average Bonchev–Trinajstić information content (AvgIpc) is 2.58. The number of aromatic nitrogens is 2. The second kappa shape index (κ2) is 7.73. The molecule has 0 aliphatic carbocycles. The number of anilines is 1. The predicted molar refractivity (Wildman–Crippen MR) is 89.9 cm³/mol. The Morgan fingerprint density at radius 1 is 1.12 bits per heavy atom. The van der Waals surface area contributed by atoms with Crippen molar-refractivity contribution in [3.63, 3.8) is 0 Å². The Balaban J connectivity index is 2.49. The number of aliphatic carboxylic acids is 1. The van der Waals surface area contributed by atoms with Gasteiger partial charge in [-0.3, -0.25) is 4.79 Å². The Morgan fingerprint density at radius 3 is 2.25 bits per heavy atom. The number of carboxylic acid groups (broad SMARTS) is 1. The smallest absolute Gasteiger partial charge is 0.313 e. The maximum Gasteiger partial charge on any atom is 0.313 e. The Kier molecular flexibility index (Phi) is 5.69. The highest BCUT2D eigenvalue weighted by atomic mass is 32.2. The maximum atomic E-state index is 10.7. The number of hydrogen-bond donors (Lipinski definition) is 2. The topological polar surface area (TPSA) is 117 Å². The van der Waals surface area contributed by atoms with Gasteiger partial charge in [0.05, 0.1) is 27.1 Å². The van der Waals surface area contributed by atoms with Crippen molar-refractivity contribution in [3.8, 4) is 28.6 Å². The van der Waals surface area contributed by atoms with E-state index >= 15 is 0 Å². The maximum absolute atomic E-state index is 10.7. The van der Waals surface area contributed by atoms with E-state index in [1.807, 2.05) is 0 Å². The third kappa shape index (κ3) is 3.99. The van der Waals surface area contributed by atoms with Gasteiger partial charge in [0.15, 0.2) is 17.3 Å². The largest absolute Gasteiger partial charge is 0.493 e. The number of nitrogen functional groups attached to an aromatic ring is 1. The van der Waals surface area contributed by atoms with Gasteiger partial charge in [-0.1, -0.05) is 11.8 Å². The van der Waals surface area contributed by atoms with Gasteiger partial charge in [0.1, 0.15) is 10.8 Å². The van der Waals surface area contributed by atoms with Crippen molar-refractivity contribution in [2.24, 2.45) is 0 Å². The van der Waals surface area contributed by atoms with Gasteiger partial charge in [0.25, 0.3) is 0 Å². The van der Waals surface area contributed by atoms with Crippen molar-refractivity contribution >= 4 is 23.5 Å². The summed E-state index contributed by atoms with van der Waals surface area (Å²) >= 11 is 1.06. The number of nitrogens with zero attached hydrogens (tertiary/aromatic N) is 2. The van der Waals surface area contributed by atoms with E-state index in [0.29, 0.717) is 33.7 Å². The minimum absolute atomic E-state index is 0.120. The molecule has 0 fully saturated rings. The van der Waals surface area contributed by atoms with Gasteiger partial charge in [0, 0.05) is 11.6 Å². The second-order valence-corrected chi connectivity index (χ2v) is 5.55. The lowest BCUT2D eigenvalue weighted by atomic mass is 10.1. The quantitative estimate of drug-likeness (QED) is 0.570. The first-order valence-corrected chi connectivity index (χ1v) is 7.76. The summed E-state index contributed by atoms with van der Waals surface area (Å²) in [5.41, 5.74) is 6.41. The molecule has 2 rings (SSSR count). The van der Waals surface area contributed by atoms with Crippen LogP contribution in [0, 0.1) is 0 Å². The van der Waals surface area contributed by atoms with E-state index in [4.69, 9.17) is 25.1 Å². The number of hydrogen-bond acceptors (Lipinski definition) is 8. The molecule has 2 aromatic rings. The van der Waals surface area contributed by atoms with Crippen LogP contribution in [0.1, 0.15) is 0 Å². The molecule has 0 unspecified atom stereocenters. The first kappa shape index (κ1) is 17.7. The van der Waals surface area contributed by atoms with Crippen LogP contribution in [-0.4, -0.2) is 48.1 Å². The molecule has 24 heavy (non-hydrogen) atoms. The molecule has 0 radical (unpaired) electrons. The van der Waals surface area contributed by atoms with Gasteiger partial charge in [-0.25, -0.2) is 9.97 Å². The Labute approximate surface area is 143 Å². The van der Waals surface area contributed by atoms with Crippen molar-refractivity contribution < 1.29 is 24.1 Å². The summed E-state index contributed by atoms with van der Waals surface area (Å²) in [5, 5.41) is 9.25. The third-order valence-electron chi connectivity index (χ3n) is 2.99. The van der Waals surface area contributed by atoms with Crippen molar-refractivity contribution in [2.75, 3.05) is 32.8 Å². The second-order valence-electron chi connectivity index (χ2n) is 4.55. The van der Waals surface area contributed by atoms with E-state index < -0.39 is 5.97 Å². The Bertz CT molecular complexity index is 729. The van der Waals surface area contributed by atoms with Crippen molar-refractivity contribution in [3.05, 3.63) is 18.2 Å². The molecule has 8 nitrogen and oxygen atoms in total. The molecule has 3 N–H and O–H groups in total. The van der Waals surface area contributed by atoms with Crippen molar-refractivity contribution in [1.29, 1.82) is 0 Å². The first-order chi connectivity index (χ1) is 11.5. The SMILES string of the molecule is COc1cc(-c2nc(N)cc(SCC(=O)O)n2)cc(OC)c1OC. The molecular formula is C15H17N3O5S. The number of thioether (sulfide) groups is 1. The van der Waals surface area contributed by atoms with Crippen LogP contribution in [0.25, 0.3) is 11.4 Å². The van der Waals surface area contributed by atoms with Crippen LogP contribution in [0.5, 0.6) is 17.2 Å². The molecular weight excluding hydrogens is 334 g/mol. The fourth-order valence-corrected chi connectivity index (χ4v) is 2.62. The van der Waals surface area contributed by atoms with E-state index in [0.717, 1.165) is 11.8 Å². The number of rotatable bonds is 7. The summed E-state index contributed by atoms with van der Waals surface area (Å²) in [6, 6.07) is 4.92. The molecule has 1 aromatic heterocycles. The van der Waals surface area contributed by atoms with E-state index in [1.54, 1.807) is 12.1 Å². The lowest BCUT2D eigenvalue weighted by Crippen LogP contribution is -2.02. The Hall–Kier alpha value is -2.68. The van der Waals surface area contributed by atoms with Gasteiger partial charge in [-0.15, -0.1) is 0 Å². The number of carboxylic acids is 1. The lowest BCUT2D eigenvalue weighted by molar-refractivity contribution is -0.133. The van der Waals surface area contributed by atoms with Gasteiger partial charge in [-0.2, -0.15) is 0 Å². The molecule has 0 bridgehead atoms. The normalized spacial score (nSPS) is 10.3. The summed E-state index contributed by atoms with van der Waals surface area (Å²) in [7, 11) is 4.53. The summed E-state index contributed by atoms with van der Waals surface area (Å²) in [4.78, 5) is 19.2. The molecule has 0 atom stereocenters. The molecule has 1 aromatic carbocycles. The number of ether oxygens (including phenoxy) is 3. The number of methoxy groups -OCH3 is 3. The highest BCUT2D eigenvalue weighted by molar-refractivity contribution is 7.99. The van der Waals surface area contributed by atoms with Crippen LogP contribution < -0.4 is 19.9 Å². The van der Waals surface area contributed by atoms with Crippen LogP contribution in [0.15, 0.2) is 23.2 Å². The van der Waals surface area contributed by atoms with Crippen LogP contribution in [0.2, 0.25) is 0 Å². The Morgan fingerprint density at radius 2 is 1.75 bits per heavy atom. The fourth-order valence-electron chi connectivity index (χ4n) is 1.99. The van der Waals surface area contributed by atoms with Crippen LogP contribution >= 0.6 is 11.8 Å². The fraction of sp³-hybridized carbons (Fsp3) is 0.267. The summed E-state index contributed by atoms with van der Waals surface area (Å²) in [5.74, 6) is 0.879. The highest BCUT2D eigenvalue weighted by Crippen LogP contribution is 2.40. The molecule has 0 aliphatic rings. The molecule has 0 amide bonds. The number of carbonyl (C=O) groups is 1.